The number of nitrogens with zero attached hydrogens (tertiary/aromatic N) is 4. The lowest BCUT2D eigenvalue weighted by molar-refractivity contribution is -0.274. The second-order valence-electron chi connectivity index (χ2n) is 9.37. The van der Waals surface area contributed by atoms with Crippen LogP contribution in [0.3, 0.4) is 0 Å². The zero-order chi connectivity index (χ0) is 27.0. The smallest absolute Gasteiger partial charge is 0.490 e. The molecule has 1 amide bonds. The number of nitriles is 1. The second-order valence-corrected chi connectivity index (χ2v) is 9.37. The van der Waals surface area contributed by atoms with E-state index in [-0.39, 0.29) is 23.3 Å². The Hall–Kier alpha value is -4.20. The van der Waals surface area contributed by atoms with Gasteiger partial charge in [-0.05, 0) is 48.9 Å². The molecule has 2 saturated heterocycles. The number of hydrogen-bond donors (Lipinski definition) is 0. The number of halogens is 3. The van der Waals surface area contributed by atoms with Crippen LogP contribution in [-0.4, -0.2) is 42.6 Å². The van der Waals surface area contributed by atoms with Gasteiger partial charge in [-0.25, -0.2) is 0 Å². The third-order valence-corrected chi connectivity index (χ3v) is 6.97. The molecule has 38 heavy (non-hydrogen) atoms. The average molecular weight is 527 g/mol. The number of fused-ring (bicyclic) bond motifs is 1. The maximum atomic E-state index is 13.1. The maximum absolute atomic E-state index is 13.1. The minimum atomic E-state index is -4.76. The highest BCUT2D eigenvalue weighted by molar-refractivity contribution is 6.00. The van der Waals surface area contributed by atoms with Crippen molar-refractivity contribution in [3.63, 3.8) is 0 Å². The molecule has 0 atom stereocenters. The molecule has 198 valence electrons. The van der Waals surface area contributed by atoms with E-state index in [0.717, 1.165) is 17.5 Å². The summed E-state index contributed by atoms with van der Waals surface area (Å²) in [5, 5.41) is 10.6. The first-order valence-electron chi connectivity index (χ1n) is 12.3. The fourth-order valence-electron chi connectivity index (χ4n) is 5.14. The van der Waals surface area contributed by atoms with Crippen LogP contribution in [0, 0.1) is 11.3 Å². The second kappa shape index (κ2) is 9.93. The summed E-state index contributed by atoms with van der Waals surface area (Å²) in [4.78, 5) is 29.1. The van der Waals surface area contributed by atoms with Crippen LogP contribution in [0.15, 0.2) is 47.3 Å². The first-order valence-corrected chi connectivity index (χ1v) is 12.3. The summed E-state index contributed by atoms with van der Waals surface area (Å²) in [5.41, 5.74) is 1.59. The summed E-state index contributed by atoms with van der Waals surface area (Å²) in [6, 6.07) is 12.9. The number of rotatable bonds is 5. The lowest BCUT2D eigenvalue weighted by Crippen LogP contribution is -2.40. The maximum Gasteiger partial charge on any atom is 0.573 e. The Kier molecular flexibility index (Phi) is 6.65. The molecule has 3 heterocycles. The van der Waals surface area contributed by atoms with Crippen LogP contribution in [0.1, 0.15) is 31.2 Å². The highest BCUT2D eigenvalue weighted by Crippen LogP contribution is 2.34. The van der Waals surface area contributed by atoms with E-state index in [1.165, 1.54) is 28.8 Å². The predicted molar refractivity (Wildman–Crippen MR) is 134 cm³/mol. The van der Waals surface area contributed by atoms with Crippen LogP contribution < -0.4 is 24.8 Å². The molecule has 0 saturated carbocycles. The van der Waals surface area contributed by atoms with Gasteiger partial charge in [-0.15, -0.1) is 13.2 Å². The molecular weight excluding hydrogens is 501 g/mol. The molecular formula is C27H25F3N4O4. The van der Waals surface area contributed by atoms with Gasteiger partial charge in [0.25, 0.3) is 5.56 Å². The van der Waals surface area contributed by atoms with Crippen molar-refractivity contribution >= 4 is 28.2 Å². The first-order chi connectivity index (χ1) is 18.1. The Balaban J connectivity index is 1.36. The third-order valence-electron chi connectivity index (χ3n) is 6.97. The van der Waals surface area contributed by atoms with Crippen molar-refractivity contribution < 1.29 is 27.4 Å². The van der Waals surface area contributed by atoms with E-state index in [1.54, 1.807) is 11.9 Å². The van der Waals surface area contributed by atoms with Crippen molar-refractivity contribution in [2.75, 3.05) is 29.4 Å². The van der Waals surface area contributed by atoms with Gasteiger partial charge in [0.05, 0.1) is 11.2 Å². The molecule has 0 N–H and O–H groups in total. The van der Waals surface area contributed by atoms with E-state index in [4.69, 9.17) is 4.74 Å². The van der Waals surface area contributed by atoms with Gasteiger partial charge in [0.15, 0.2) is 0 Å². The standard InChI is InChI=1S/C27H25F3N4O4/c1-32-23-15-17(34-12-2-3-24(34)35)4-9-21(23)25(22(16-31)26(32)36)33-13-10-19(11-14-33)37-18-5-7-20(8-6-18)38-27(28,29)30/h4-9,15,19H,2-3,10-14H2,1H3. The lowest BCUT2D eigenvalue weighted by Gasteiger charge is -2.35. The molecule has 2 aliphatic heterocycles. The van der Waals surface area contributed by atoms with E-state index >= 15 is 0 Å². The molecule has 2 aliphatic rings. The van der Waals surface area contributed by atoms with Crippen molar-refractivity contribution in [1.82, 2.24) is 4.57 Å². The van der Waals surface area contributed by atoms with Gasteiger partial charge in [0, 0.05) is 57.0 Å². The number of ether oxygens (including phenoxy) is 2. The van der Waals surface area contributed by atoms with Crippen LogP contribution in [0.5, 0.6) is 11.5 Å². The first kappa shape index (κ1) is 25.4. The van der Waals surface area contributed by atoms with Crippen LogP contribution in [-0.2, 0) is 11.8 Å². The summed E-state index contributed by atoms with van der Waals surface area (Å²) in [7, 11) is 1.62. The van der Waals surface area contributed by atoms with E-state index in [1.807, 2.05) is 23.1 Å². The van der Waals surface area contributed by atoms with Crippen molar-refractivity contribution in [3.05, 3.63) is 58.4 Å². The average Bonchev–Trinajstić information content (AvgIpc) is 3.32. The predicted octanol–water partition coefficient (Wildman–Crippen LogP) is 4.48. The van der Waals surface area contributed by atoms with Crippen LogP contribution >= 0.6 is 0 Å². The van der Waals surface area contributed by atoms with Crippen molar-refractivity contribution in [2.45, 2.75) is 38.1 Å². The molecule has 3 aromatic rings. The molecule has 5 rings (SSSR count). The summed E-state index contributed by atoms with van der Waals surface area (Å²) in [6.07, 6.45) is -2.48. The molecule has 8 nitrogen and oxygen atoms in total. The largest absolute Gasteiger partial charge is 0.573 e. The van der Waals surface area contributed by atoms with Gasteiger partial charge >= 0.3 is 6.36 Å². The van der Waals surface area contributed by atoms with Crippen molar-refractivity contribution in [3.8, 4) is 17.6 Å². The van der Waals surface area contributed by atoms with Crippen LogP contribution in [0.4, 0.5) is 24.5 Å². The number of carbonyl (C=O) groups is 1. The molecule has 0 bridgehead atoms. The molecule has 0 spiro atoms. The van der Waals surface area contributed by atoms with E-state index in [2.05, 4.69) is 10.8 Å². The Morgan fingerprint density at radius 1 is 1.00 bits per heavy atom. The SMILES string of the molecule is Cn1c(=O)c(C#N)c(N2CCC(Oc3ccc(OC(F)(F)F)cc3)CC2)c2ccc(N3CCCC3=O)cc21. The van der Waals surface area contributed by atoms with Crippen molar-refractivity contribution in [1.29, 1.82) is 5.26 Å². The quantitative estimate of drug-likeness (QED) is 0.487. The summed E-state index contributed by atoms with van der Waals surface area (Å²) >= 11 is 0. The fraction of sp³-hybridized carbons (Fsp3) is 0.370. The van der Waals surface area contributed by atoms with Gasteiger partial charge in [-0.3, -0.25) is 9.59 Å². The Labute approximate surface area is 216 Å². The molecule has 2 fully saturated rings. The monoisotopic (exact) mass is 526 g/mol. The Bertz CT molecular complexity index is 1470. The fourth-order valence-corrected chi connectivity index (χ4v) is 5.14. The number of benzene rings is 2. The highest BCUT2D eigenvalue weighted by Gasteiger charge is 2.31. The number of anilines is 2. The zero-order valence-electron chi connectivity index (χ0n) is 20.6. The van der Waals surface area contributed by atoms with E-state index in [9.17, 15) is 28.0 Å². The summed E-state index contributed by atoms with van der Waals surface area (Å²) < 4.78 is 48.4. The third kappa shape index (κ3) is 4.98. The van der Waals surface area contributed by atoms with Gasteiger partial charge < -0.3 is 23.8 Å². The van der Waals surface area contributed by atoms with E-state index in [0.29, 0.717) is 55.9 Å². The van der Waals surface area contributed by atoms with Gasteiger partial charge in [0.2, 0.25) is 5.91 Å². The van der Waals surface area contributed by atoms with Gasteiger partial charge in [0.1, 0.15) is 29.2 Å². The minimum absolute atomic E-state index is 0.0489. The number of pyridine rings is 1. The lowest BCUT2D eigenvalue weighted by atomic mass is 10.0. The number of piperidine rings is 1. The van der Waals surface area contributed by atoms with Crippen LogP contribution in [0.25, 0.3) is 10.9 Å². The van der Waals surface area contributed by atoms with Gasteiger partial charge in [-0.1, -0.05) is 0 Å². The molecule has 0 radical (unpaired) electrons. The molecule has 0 aliphatic carbocycles. The number of hydrogen-bond acceptors (Lipinski definition) is 6. The zero-order valence-corrected chi connectivity index (χ0v) is 20.6. The number of alkyl halides is 3. The van der Waals surface area contributed by atoms with E-state index < -0.39 is 11.9 Å². The number of carbonyl (C=O) groups excluding carboxylic acids is 1. The Morgan fingerprint density at radius 2 is 1.68 bits per heavy atom. The molecule has 2 aromatic carbocycles. The summed E-state index contributed by atoms with van der Waals surface area (Å²) in [6.45, 7) is 1.67. The topological polar surface area (TPSA) is 87.8 Å². The number of amides is 1. The van der Waals surface area contributed by atoms with Crippen LogP contribution in [0.2, 0.25) is 0 Å². The number of aryl methyl sites for hydroxylation is 1. The highest BCUT2D eigenvalue weighted by atomic mass is 19.4. The van der Waals surface area contributed by atoms with Gasteiger partial charge in [-0.2, -0.15) is 5.26 Å². The molecule has 1 aromatic heterocycles. The Morgan fingerprint density at radius 3 is 2.29 bits per heavy atom. The minimum Gasteiger partial charge on any atom is -0.490 e. The van der Waals surface area contributed by atoms with Crippen molar-refractivity contribution in [2.24, 2.45) is 7.05 Å². The summed E-state index contributed by atoms with van der Waals surface area (Å²) in [5.74, 6) is 0.157. The normalized spacial score (nSPS) is 16.7. The molecule has 0 unspecified atom stereocenters. The molecule has 11 heteroatoms. The number of aromatic nitrogens is 1.